The predicted octanol–water partition coefficient (Wildman–Crippen LogP) is 6.37. The lowest BCUT2D eigenvalue weighted by Crippen LogP contribution is -2.44. The largest absolute Gasteiger partial charge is 0.324 e. The lowest BCUT2D eigenvalue weighted by Gasteiger charge is -2.26. The SMILES string of the molecule is CC[C@@H](C)[C@H]1N=C(c2ccccc2)c2cc(Cl)ccc2N(CC(=O)Nc2ccc(F)c(Cl)c2)C1=O. The highest BCUT2D eigenvalue weighted by Gasteiger charge is 2.35. The number of halogens is 3. The zero-order valence-corrected chi connectivity index (χ0v) is 20.8. The van der Waals surface area contributed by atoms with Gasteiger partial charge in [0.05, 0.1) is 16.4 Å². The molecule has 1 heterocycles. The highest BCUT2D eigenvalue weighted by Crippen LogP contribution is 2.33. The molecule has 0 unspecified atom stereocenters. The van der Waals surface area contributed by atoms with Crippen LogP contribution >= 0.6 is 23.2 Å². The summed E-state index contributed by atoms with van der Waals surface area (Å²) in [6.07, 6.45) is 0.729. The van der Waals surface area contributed by atoms with Gasteiger partial charge in [0.25, 0.3) is 5.91 Å². The summed E-state index contributed by atoms with van der Waals surface area (Å²) in [4.78, 5) is 33.2. The van der Waals surface area contributed by atoms with Crippen LogP contribution in [0.25, 0.3) is 0 Å². The molecule has 2 atom stereocenters. The number of anilines is 2. The number of amides is 2. The third kappa shape index (κ3) is 5.39. The maximum Gasteiger partial charge on any atom is 0.252 e. The molecule has 4 rings (SSSR count). The first-order chi connectivity index (χ1) is 16.8. The number of benzene rings is 3. The van der Waals surface area contributed by atoms with E-state index in [0.717, 1.165) is 12.0 Å². The zero-order chi connectivity index (χ0) is 25.1. The van der Waals surface area contributed by atoms with E-state index >= 15 is 0 Å². The van der Waals surface area contributed by atoms with Gasteiger partial charge in [-0.05, 0) is 42.3 Å². The Morgan fingerprint density at radius 2 is 1.86 bits per heavy atom. The van der Waals surface area contributed by atoms with Gasteiger partial charge in [-0.25, -0.2) is 4.39 Å². The van der Waals surface area contributed by atoms with Gasteiger partial charge in [-0.2, -0.15) is 0 Å². The van der Waals surface area contributed by atoms with Crippen molar-refractivity contribution >= 4 is 52.1 Å². The molecule has 35 heavy (non-hydrogen) atoms. The van der Waals surface area contributed by atoms with E-state index in [1.165, 1.54) is 23.1 Å². The summed E-state index contributed by atoms with van der Waals surface area (Å²) in [6.45, 7) is 3.71. The second-order valence-corrected chi connectivity index (χ2v) is 9.28. The first-order valence-electron chi connectivity index (χ1n) is 11.3. The summed E-state index contributed by atoms with van der Waals surface area (Å²) < 4.78 is 13.5. The van der Waals surface area contributed by atoms with Crippen LogP contribution in [0.1, 0.15) is 31.4 Å². The Balaban J connectivity index is 1.76. The van der Waals surface area contributed by atoms with Gasteiger partial charge in [-0.15, -0.1) is 0 Å². The van der Waals surface area contributed by atoms with E-state index in [4.69, 9.17) is 28.2 Å². The van der Waals surface area contributed by atoms with Gasteiger partial charge in [0, 0.05) is 21.8 Å². The van der Waals surface area contributed by atoms with E-state index in [-0.39, 0.29) is 23.4 Å². The monoisotopic (exact) mass is 511 g/mol. The fourth-order valence-electron chi connectivity index (χ4n) is 3.98. The molecule has 180 valence electrons. The van der Waals surface area contributed by atoms with Crippen LogP contribution < -0.4 is 10.2 Å². The molecule has 8 heteroatoms. The predicted molar refractivity (Wildman–Crippen MR) is 139 cm³/mol. The van der Waals surface area contributed by atoms with Gasteiger partial charge in [0.1, 0.15) is 18.4 Å². The first kappa shape index (κ1) is 24.9. The molecule has 0 aromatic heterocycles. The minimum absolute atomic E-state index is 0.0625. The van der Waals surface area contributed by atoms with Gasteiger partial charge in [-0.1, -0.05) is 73.8 Å². The molecule has 3 aromatic carbocycles. The molecule has 0 spiro atoms. The van der Waals surface area contributed by atoms with Crippen LogP contribution in [0.15, 0.2) is 71.7 Å². The van der Waals surface area contributed by atoms with Crippen LogP contribution in [0.5, 0.6) is 0 Å². The van der Waals surface area contributed by atoms with Crippen LogP contribution in [-0.2, 0) is 9.59 Å². The smallest absolute Gasteiger partial charge is 0.252 e. The summed E-state index contributed by atoms with van der Waals surface area (Å²) in [5.74, 6) is -1.37. The number of hydrogen-bond acceptors (Lipinski definition) is 3. The number of benzodiazepines with no additional fused rings is 1. The summed E-state index contributed by atoms with van der Waals surface area (Å²) in [7, 11) is 0. The Hall–Kier alpha value is -3.22. The van der Waals surface area contributed by atoms with Crippen LogP contribution in [0.4, 0.5) is 15.8 Å². The average molecular weight is 512 g/mol. The van der Waals surface area contributed by atoms with E-state index in [9.17, 15) is 14.0 Å². The highest BCUT2D eigenvalue weighted by molar-refractivity contribution is 6.32. The Bertz CT molecular complexity index is 1300. The minimum atomic E-state index is -0.686. The van der Waals surface area contributed by atoms with Gasteiger partial charge in [0.15, 0.2) is 0 Å². The number of hydrogen-bond donors (Lipinski definition) is 1. The first-order valence-corrected chi connectivity index (χ1v) is 12.0. The molecule has 5 nitrogen and oxygen atoms in total. The summed E-state index contributed by atoms with van der Waals surface area (Å²) in [5.41, 5.74) is 3.04. The molecular formula is C27H24Cl2FN3O2. The number of aliphatic imine (C=N–C) groups is 1. The third-order valence-electron chi connectivity index (χ3n) is 6.03. The van der Waals surface area contributed by atoms with E-state index in [1.807, 2.05) is 44.2 Å². The summed E-state index contributed by atoms with van der Waals surface area (Å²) >= 11 is 12.2. The van der Waals surface area contributed by atoms with E-state index in [1.54, 1.807) is 18.2 Å². The van der Waals surface area contributed by atoms with E-state index < -0.39 is 17.8 Å². The topological polar surface area (TPSA) is 61.8 Å². The van der Waals surface area contributed by atoms with Crippen molar-refractivity contribution < 1.29 is 14.0 Å². The Labute approximate surface area is 213 Å². The molecule has 1 aliphatic heterocycles. The van der Waals surface area contributed by atoms with Crippen molar-refractivity contribution in [2.24, 2.45) is 10.9 Å². The lowest BCUT2D eigenvalue weighted by molar-refractivity contribution is -0.123. The summed E-state index contributed by atoms with van der Waals surface area (Å²) in [6, 6.07) is 18.0. The Morgan fingerprint density at radius 3 is 2.54 bits per heavy atom. The molecular weight excluding hydrogens is 488 g/mol. The molecule has 0 saturated carbocycles. The third-order valence-corrected chi connectivity index (χ3v) is 6.55. The number of nitrogens with zero attached hydrogens (tertiary/aromatic N) is 2. The molecule has 0 saturated heterocycles. The lowest BCUT2D eigenvalue weighted by atomic mass is 9.98. The second-order valence-electron chi connectivity index (χ2n) is 8.44. The molecule has 2 amide bonds. The van der Waals surface area contributed by atoms with Crippen LogP contribution in [-0.4, -0.2) is 30.1 Å². The van der Waals surface area contributed by atoms with Crippen molar-refractivity contribution in [3.8, 4) is 0 Å². The van der Waals surface area contributed by atoms with Crippen molar-refractivity contribution in [3.63, 3.8) is 0 Å². The molecule has 0 radical (unpaired) electrons. The number of carbonyl (C=O) groups excluding carboxylic acids is 2. The van der Waals surface area contributed by atoms with Gasteiger partial charge in [-0.3, -0.25) is 14.6 Å². The Morgan fingerprint density at radius 1 is 1.11 bits per heavy atom. The molecule has 0 fully saturated rings. The fourth-order valence-corrected chi connectivity index (χ4v) is 4.33. The van der Waals surface area contributed by atoms with Gasteiger partial charge in [0.2, 0.25) is 5.91 Å². The molecule has 0 bridgehead atoms. The number of carbonyl (C=O) groups is 2. The second kappa shape index (κ2) is 10.6. The van der Waals surface area contributed by atoms with Crippen LogP contribution in [0.2, 0.25) is 10.0 Å². The maximum absolute atomic E-state index is 13.8. The Kier molecular flexibility index (Phi) is 7.53. The van der Waals surface area contributed by atoms with Crippen molar-refractivity contribution in [1.29, 1.82) is 0 Å². The number of nitrogens with one attached hydrogen (secondary N) is 1. The minimum Gasteiger partial charge on any atom is -0.324 e. The van der Waals surface area contributed by atoms with E-state index in [2.05, 4.69) is 5.32 Å². The van der Waals surface area contributed by atoms with Crippen LogP contribution in [0, 0.1) is 11.7 Å². The highest BCUT2D eigenvalue weighted by atomic mass is 35.5. The van der Waals surface area contributed by atoms with Crippen molar-refractivity contribution in [2.45, 2.75) is 26.3 Å². The zero-order valence-electron chi connectivity index (χ0n) is 19.3. The number of fused-ring (bicyclic) bond motifs is 1. The van der Waals surface area contributed by atoms with Crippen LogP contribution in [0.3, 0.4) is 0 Å². The molecule has 3 aromatic rings. The van der Waals surface area contributed by atoms with E-state index in [0.29, 0.717) is 27.7 Å². The van der Waals surface area contributed by atoms with Crippen molar-refractivity contribution in [2.75, 3.05) is 16.8 Å². The average Bonchev–Trinajstić information content (AvgIpc) is 2.96. The normalized spacial score (nSPS) is 16.3. The standard InChI is InChI=1S/C27H24Cl2FN3O2/c1-3-16(2)25-27(35)33(15-24(34)31-19-10-11-22(30)21(29)14-19)23-12-9-18(28)13-20(23)26(32-25)17-7-5-4-6-8-17/h4-14,16,25H,3,15H2,1-2H3,(H,31,34)/t16-,25-/m1/s1. The number of rotatable bonds is 6. The maximum atomic E-state index is 13.8. The molecule has 1 aliphatic rings. The fraction of sp³-hybridized carbons (Fsp3) is 0.222. The van der Waals surface area contributed by atoms with Gasteiger partial charge >= 0.3 is 0 Å². The molecule has 1 N–H and O–H groups in total. The summed E-state index contributed by atoms with van der Waals surface area (Å²) in [5, 5.41) is 3.08. The quantitative estimate of drug-likeness (QED) is 0.417. The molecule has 0 aliphatic carbocycles. The van der Waals surface area contributed by atoms with Gasteiger partial charge < -0.3 is 10.2 Å². The van der Waals surface area contributed by atoms with Crippen molar-refractivity contribution in [3.05, 3.63) is 93.7 Å². The van der Waals surface area contributed by atoms with Crippen molar-refractivity contribution in [1.82, 2.24) is 0 Å².